The van der Waals surface area contributed by atoms with Gasteiger partial charge in [-0.2, -0.15) is 5.10 Å². The number of halogens is 1. The average Bonchev–Trinajstić information content (AvgIpc) is 2.41. The van der Waals surface area contributed by atoms with Gasteiger partial charge in [0, 0.05) is 5.56 Å². The van der Waals surface area contributed by atoms with Crippen LogP contribution >= 0.6 is 12.4 Å². The number of carbonyl (C=O) groups excluding carboxylic acids is 1. The first-order valence-electron chi connectivity index (χ1n) is 5.77. The van der Waals surface area contributed by atoms with Crippen molar-refractivity contribution in [2.75, 3.05) is 0 Å². The minimum absolute atomic E-state index is 0. The van der Waals surface area contributed by atoms with Gasteiger partial charge >= 0.3 is 6.03 Å². The number of carbonyl (C=O) groups is 1. The predicted octanol–water partition coefficient (Wildman–Crippen LogP) is 2.19. The molecular weight excluding hydrogens is 294 g/mol. The van der Waals surface area contributed by atoms with Gasteiger partial charge in [-0.1, -0.05) is 18.2 Å². The van der Waals surface area contributed by atoms with Gasteiger partial charge in [-0.25, -0.2) is 10.2 Å². The second kappa shape index (κ2) is 7.16. The van der Waals surface area contributed by atoms with E-state index in [-0.39, 0.29) is 23.9 Å². The molecule has 0 heterocycles. The van der Waals surface area contributed by atoms with Crippen molar-refractivity contribution in [3.05, 3.63) is 48.0 Å². The lowest BCUT2D eigenvalue weighted by atomic mass is 10.0. The first-order chi connectivity index (χ1) is 9.56. The third kappa shape index (κ3) is 4.39. The number of nitrogens with one attached hydrogen (secondary N) is 1. The number of phenolic OH excluding ortho intramolecular Hbond substituents is 2. The fraction of sp³-hybridized carbons (Fsp3) is 0. The number of hydrazone groups is 1. The zero-order valence-electron chi connectivity index (χ0n) is 10.9. The van der Waals surface area contributed by atoms with Crippen molar-refractivity contribution in [1.82, 2.24) is 5.43 Å². The van der Waals surface area contributed by atoms with Crippen LogP contribution in [0.5, 0.6) is 11.5 Å². The number of hydrogen-bond acceptors (Lipinski definition) is 4. The summed E-state index contributed by atoms with van der Waals surface area (Å²) in [7, 11) is 0. The summed E-state index contributed by atoms with van der Waals surface area (Å²) in [6.07, 6.45) is 1.30. The maximum absolute atomic E-state index is 10.5. The highest BCUT2D eigenvalue weighted by atomic mass is 35.5. The lowest BCUT2D eigenvalue weighted by molar-refractivity contribution is 0.249. The molecule has 2 amide bonds. The van der Waals surface area contributed by atoms with Gasteiger partial charge in [0.25, 0.3) is 0 Å². The maximum atomic E-state index is 10.5. The molecule has 0 aliphatic rings. The molecule has 0 aliphatic carbocycles. The number of primary amides is 1. The highest BCUT2D eigenvalue weighted by molar-refractivity contribution is 5.87. The summed E-state index contributed by atoms with van der Waals surface area (Å²) < 4.78 is 0. The van der Waals surface area contributed by atoms with Gasteiger partial charge in [0.05, 0.1) is 6.21 Å². The lowest BCUT2D eigenvalue weighted by Crippen LogP contribution is -2.24. The number of urea groups is 1. The molecule has 21 heavy (non-hydrogen) atoms. The summed E-state index contributed by atoms with van der Waals surface area (Å²) in [5, 5.41) is 22.6. The van der Waals surface area contributed by atoms with Crippen LogP contribution in [0.25, 0.3) is 11.1 Å². The van der Waals surface area contributed by atoms with Crippen molar-refractivity contribution in [2.45, 2.75) is 0 Å². The van der Waals surface area contributed by atoms with E-state index in [4.69, 9.17) is 5.73 Å². The van der Waals surface area contributed by atoms with Crippen LogP contribution in [-0.4, -0.2) is 22.5 Å². The number of aromatic hydroxyl groups is 2. The monoisotopic (exact) mass is 307 g/mol. The highest BCUT2D eigenvalue weighted by Crippen LogP contribution is 2.26. The van der Waals surface area contributed by atoms with Crippen LogP contribution in [0.15, 0.2) is 47.6 Å². The summed E-state index contributed by atoms with van der Waals surface area (Å²) in [6.45, 7) is 0. The highest BCUT2D eigenvalue weighted by Gasteiger charge is 2.03. The number of rotatable bonds is 3. The molecule has 2 aromatic rings. The Hall–Kier alpha value is -2.73. The van der Waals surface area contributed by atoms with Gasteiger partial charge in [-0.05, 0) is 35.4 Å². The molecule has 0 aliphatic heterocycles. The van der Waals surface area contributed by atoms with Crippen LogP contribution in [0.3, 0.4) is 0 Å². The largest absolute Gasteiger partial charge is 0.508 e. The number of nitrogens with zero attached hydrogens (tertiary/aromatic N) is 1. The first kappa shape index (κ1) is 16.3. The first-order valence-corrected chi connectivity index (χ1v) is 5.77. The maximum Gasteiger partial charge on any atom is 0.332 e. The molecule has 2 rings (SSSR count). The molecule has 0 radical (unpaired) electrons. The molecular formula is C14H14ClN3O3. The second-order valence-corrected chi connectivity index (χ2v) is 4.05. The SMILES string of the molecule is Cl.NC(=O)N/N=C/c1cc(-c2ccc(O)cc2)ccc1O. The molecule has 0 atom stereocenters. The summed E-state index contributed by atoms with van der Waals surface area (Å²) >= 11 is 0. The van der Waals surface area contributed by atoms with Crippen LogP contribution < -0.4 is 11.2 Å². The summed E-state index contributed by atoms with van der Waals surface area (Å²) in [4.78, 5) is 10.5. The Kier molecular flexibility index (Phi) is 5.57. The molecule has 0 bridgehead atoms. The van der Waals surface area contributed by atoms with Crippen LogP contribution in [0, 0.1) is 0 Å². The van der Waals surface area contributed by atoms with Gasteiger partial charge in [-0.15, -0.1) is 12.4 Å². The van der Waals surface area contributed by atoms with E-state index < -0.39 is 6.03 Å². The quantitative estimate of drug-likeness (QED) is 0.515. The number of amides is 2. The molecule has 0 saturated heterocycles. The fourth-order valence-electron chi connectivity index (χ4n) is 1.66. The van der Waals surface area contributed by atoms with Crippen LogP contribution in [0.1, 0.15) is 5.56 Å². The average molecular weight is 308 g/mol. The summed E-state index contributed by atoms with van der Waals surface area (Å²) in [5.74, 6) is 0.211. The lowest BCUT2D eigenvalue weighted by Gasteiger charge is -2.05. The molecule has 0 spiro atoms. The number of nitrogens with two attached hydrogens (primary N) is 1. The summed E-state index contributed by atoms with van der Waals surface area (Å²) in [5.41, 5.74) is 9.08. The van der Waals surface area contributed by atoms with E-state index in [1.807, 2.05) is 0 Å². The third-order valence-electron chi connectivity index (χ3n) is 2.61. The summed E-state index contributed by atoms with van der Waals surface area (Å²) in [6, 6.07) is 10.8. The fourth-order valence-corrected chi connectivity index (χ4v) is 1.66. The van der Waals surface area contributed by atoms with E-state index in [9.17, 15) is 15.0 Å². The Labute approximate surface area is 127 Å². The Morgan fingerprint density at radius 1 is 1.10 bits per heavy atom. The zero-order valence-corrected chi connectivity index (χ0v) is 11.7. The van der Waals surface area contributed by atoms with Gasteiger partial charge < -0.3 is 15.9 Å². The Balaban J connectivity index is 0.00000220. The Morgan fingerprint density at radius 2 is 1.71 bits per heavy atom. The van der Waals surface area contributed by atoms with Gasteiger partial charge in [0.1, 0.15) is 11.5 Å². The van der Waals surface area contributed by atoms with Crippen LogP contribution in [0.2, 0.25) is 0 Å². The molecule has 6 nitrogen and oxygen atoms in total. The Bertz CT molecular complexity index is 657. The van der Waals surface area contributed by atoms with Gasteiger partial charge in [0.15, 0.2) is 0 Å². The molecule has 110 valence electrons. The van der Waals surface area contributed by atoms with E-state index in [1.54, 1.807) is 36.4 Å². The topological polar surface area (TPSA) is 108 Å². The van der Waals surface area contributed by atoms with Crippen molar-refractivity contribution in [2.24, 2.45) is 10.8 Å². The van der Waals surface area contributed by atoms with E-state index in [0.717, 1.165) is 11.1 Å². The molecule has 7 heteroatoms. The number of hydrogen-bond donors (Lipinski definition) is 4. The number of phenols is 2. The van der Waals surface area contributed by atoms with Gasteiger partial charge in [-0.3, -0.25) is 0 Å². The van der Waals surface area contributed by atoms with E-state index >= 15 is 0 Å². The Morgan fingerprint density at radius 3 is 2.33 bits per heavy atom. The van der Waals surface area contributed by atoms with Crippen LogP contribution in [0.4, 0.5) is 4.79 Å². The van der Waals surface area contributed by atoms with E-state index in [1.165, 1.54) is 12.3 Å². The third-order valence-corrected chi connectivity index (χ3v) is 2.61. The molecule has 2 aromatic carbocycles. The molecule has 0 fully saturated rings. The molecule has 5 N–H and O–H groups in total. The predicted molar refractivity (Wildman–Crippen MR) is 82.8 cm³/mol. The van der Waals surface area contributed by atoms with Crippen LogP contribution in [-0.2, 0) is 0 Å². The van der Waals surface area contributed by atoms with Crippen molar-refractivity contribution < 1.29 is 15.0 Å². The van der Waals surface area contributed by atoms with Crippen molar-refractivity contribution >= 4 is 24.7 Å². The normalized spacial score (nSPS) is 10.1. The van der Waals surface area contributed by atoms with Crippen molar-refractivity contribution in [3.63, 3.8) is 0 Å². The van der Waals surface area contributed by atoms with Crippen molar-refractivity contribution in [1.29, 1.82) is 0 Å². The zero-order chi connectivity index (χ0) is 14.5. The minimum Gasteiger partial charge on any atom is -0.508 e. The smallest absolute Gasteiger partial charge is 0.332 e. The van der Waals surface area contributed by atoms with Crippen molar-refractivity contribution in [3.8, 4) is 22.6 Å². The molecule has 0 aromatic heterocycles. The molecule has 0 unspecified atom stereocenters. The second-order valence-electron chi connectivity index (χ2n) is 4.05. The molecule has 0 saturated carbocycles. The number of benzene rings is 2. The standard InChI is InChI=1S/C14H13N3O3.ClH/c15-14(20)17-16-8-11-7-10(3-6-13(11)19)9-1-4-12(18)5-2-9;/h1-8,18-19H,(H3,15,17,20);1H/b16-8+;. The van der Waals surface area contributed by atoms with Gasteiger partial charge in [0.2, 0.25) is 0 Å². The van der Waals surface area contributed by atoms with E-state index in [2.05, 4.69) is 10.5 Å². The van der Waals surface area contributed by atoms with E-state index in [0.29, 0.717) is 5.56 Å². The minimum atomic E-state index is -0.782.